The predicted octanol–water partition coefficient (Wildman–Crippen LogP) is 5.79. The van der Waals surface area contributed by atoms with E-state index in [-0.39, 0.29) is 17.9 Å². The third-order valence-electron chi connectivity index (χ3n) is 5.80. The van der Waals surface area contributed by atoms with Crippen molar-refractivity contribution in [2.45, 2.75) is 58.5 Å². The fourth-order valence-corrected chi connectivity index (χ4v) is 3.58. The zero-order valence-corrected chi connectivity index (χ0v) is 19.2. The molecule has 0 bridgehead atoms. The summed E-state index contributed by atoms with van der Waals surface area (Å²) in [7, 11) is 1.66. The SMILES string of the molecule is C=C[C@H](C)[C@H](O)[C@H](C)[C@H](CCCCOCc1ccccc1)OCc1ccc(OC)cc1. The van der Waals surface area contributed by atoms with E-state index in [0.717, 1.165) is 37.2 Å². The summed E-state index contributed by atoms with van der Waals surface area (Å²) in [5.41, 5.74) is 2.29. The minimum atomic E-state index is -0.479. The number of methoxy groups -OCH3 is 1. The monoisotopic (exact) mass is 426 g/mol. The maximum absolute atomic E-state index is 10.7. The molecular formula is C27H38O4. The van der Waals surface area contributed by atoms with Gasteiger partial charge in [0.15, 0.2) is 0 Å². The zero-order valence-electron chi connectivity index (χ0n) is 19.2. The average Bonchev–Trinajstić information content (AvgIpc) is 2.82. The summed E-state index contributed by atoms with van der Waals surface area (Å²) in [4.78, 5) is 0. The molecular weight excluding hydrogens is 388 g/mol. The summed E-state index contributed by atoms with van der Waals surface area (Å²) in [6, 6.07) is 18.1. The number of benzene rings is 2. The summed E-state index contributed by atoms with van der Waals surface area (Å²) in [6.07, 6.45) is 4.13. The molecule has 4 atom stereocenters. The van der Waals surface area contributed by atoms with Gasteiger partial charge in [-0.3, -0.25) is 0 Å². The van der Waals surface area contributed by atoms with Crippen molar-refractivity contribution in [2.75, 3.05) is 13.7 Å². The lowest BCUT2D eigenvalue weighted by Crippen LogP contribution is -2.35. The van der Waals surface area contributed by atoms with Gasteiger partial charge >= 0.3 is 0 Å². The second-order valence-electron chi connectivity index (χ2n) is 8.18. The predicted molar refractivity (Wildman–Crippen MR) is 126 cm³/mol. The van der Waals surface area contributed by atoms with Crippen molar-refractivity contribution in [1.82, 2.24) is 0 Å². The molecule has 0 heterocycles. The molecule has 2 rings (SSSR count). The minimum absolute atomic E-state index is 0.0106. The Bertz CT molecular complexity index is 729. The molecule has 0 aliphatic heterocycles. The molecule has 0 spiro atoms. The minimum Gasteiger partial charge on any atom is -0.497 e. The van der Waals surface area contributed by atoms with E-state index in [1.807, 2.05) is 49.4 Å². The van der Waals surface area contributed by atoms with Crippen LogP contribution in [-0.2, 0) is 22.7 Å². The van der Waals surface area contributed by atoms with E-state index < -0.39 is 6.10 Å². The molecule has 0 amide bonds. The van der Waals surface area contributed by atoms with E-state index in [9.17, 15) is 5.11 Å². The van der Waals surface area contributed by atoms with Gasteiger partial charge in [-0.15, -0.1) is 6.58 Å². The Morgan fingerprint density at radius 1 is 0.935 bits per heavy atom. The van der Waals surface area contributed by atoms with Crippen LogP contribution < -0.4 is 4.74 Å². The number of aliphatic hydroxyl groups excluding tert-OH is 1. The number of hydrogen-bond donors (Lipinski definition) is 1. The lowest BCUT2D eigenvalue weighted by atomic mass is 9.87. The molecule has 0 saturated carbocycles. The topological polar surface area (TPSA) is 47.9 Å². The number of unbranched alkanes of at least 4 members (excludes halogenated alkanes) is 1. The van der Waals surface area contributed by atoms with Gasteiger partial charge in [0.2, 0.25) is 0 Å². The van der Waals surface area contributed by atoms with Gasteiger partial charge in [-0.1, -0.05) is 62.4 Å². The lowest BCUT2D eigenvalue weighted by molar-refractivity contribution is -0.0527. The van der Waals surface area contributed by atoms with Crippen LogP contribution >= 0.6 is 0 Å². The average molecular weight is 427 g/mol. The van der Waals surface area contributed by atoms with E-state index >= 15 is 0 Å². The van der Waals surface area contributed by atoms with E-state index in [0.29, 0.717) is 13.2 Å². The van der Waals surface area contributed by atoms with Gasteiger partial charge in [-0.05, 0) is 42.5 Å². The molecule has 0 aromatic heterocycles. The fourth-order valence-electron chi connectivity index (χ4n) is 3.58. The van der Waals surface area contributed by atoms with Crippen molar-refractivity contribution in [3.63, 3.8) is 0 Å². The van der Waals surface area contributed by atoms with Crippen LogP contribution in [0.5, 0.6) is 5.75 Å². The Balaban J connectivity index is 1.83. The Kier molecular flexibility index (Phi) is 11.4. The molecule has 4 nitrogen and oxygen atoms in total. The van der Waals surface area contributed by atoms with Crippen molar-refractivity contribution in [1.29, 1.82) is 0 Å². The van der Waals surface area contributed by atoms with Gasteiger partial charge in [0.05, 0.1) is 32.5 Å². The third-order valence-corrected chi connectivity index (χ3v) is 5.80. The van der Waals surface area contributed by atoms with Gasteiger partial charge < -0.3 is 19.3 Å². The van der Waals surface area contributed by atoms with Crippen LogP contribution in [0.15, 0.2) is 67.3 Å². The van der Waals surface area contributed by atoms with E-state index in [1.54, 1.807) is 13.2 Å². The van der Waals surface area contributed by atoms with E-state index in [1.165, 1.54) is 5.56 Å². The quantitative estimate of drug-likeness (QED) is 0.289. The fraction of sp³-hybridized carbons (Fsp3) is 0.481. The number of ether oxygens (including phenoxy) is 3. The first kappa shape index (κ1) is 25.1. The first-order valence-corrected chi connectivity index (χ1v) is 11.2. The van der Waals surface area contributed by atoms with Crippen molar-refractivity contribution in [3.05, 3.63) is 78.4 Å². The Morgan fingerprint density at radius 2 is 1.61 bits per heavy atom. The van der Waals surface area contributed by atoms with Crippen molar-refractivity contribution in [2.24, 2.45) is 11.8 Å². The highest BCUT2D eigenvalue weighted by atomic mass is 16.5. The Morgan fingerprint density at radius 3 is 2.26 bits per heavy atom. The Labute approximate surface area is 187 Å². The summed E-state index contributed by atoms with van der Waals surface area (Å²) in [6.45, 7) is 9.76. The molecule has 0 unspecified atom stereocenters. The number of hydrogen-bond acceptors (Lipinski definition) is 4. The van der Waals surface area contributed by atoms with Crippen LogP contribution in [0.25, 0.3) is 0 Å². The summed E-state index contributed by atoms with van der Waals surface area (Å²) >= 11 is 0. The number of rotatable bonds is 15. The highest BCUT2D eigenvalue weighted by molar-refractivity contribution is 5.26. The van der Waals surface area contributed by atoms with Crippen LogP contribution in [0.3, 0.4) is 0 Å². The zero-order chi connectivity index (χ0) is 22.5. The van der Waals surface area contributed by atoms with Crippen LogP contribution in [0.1, 0.15) is 44.2 Å². The molecule has 170 valence electrons. The summed E-state index contributed by atoms with van der Waals surface area (Å²) in [5.74, 6) is 0.868. The highest BCUT2D eigenvalue weighted by Gasteiger charge is 2.27. The maximum Gasteiger partial charge on any atom is 0.118 e. The largest absolute Gasteiger partial charge is 0.497 e. The van der Waals surface area contributed by atoms with Gasteiger partial charge in [0.25, 0.3) is 0 Å². The molecule has 2 aromatic carbocycles. The van der Waals surface area contributed by atoms with Crippen molar-refractivity contribution in [3.8, 4) is 5.75 Å². The van der Waals surface area contributed by atoms with Crippen LogP contribution in [0.2, 0.25) is 0 Å². The highest BCUT2D eigenvalue weighted by Crippen LogP contribution is 2.24. The van der Waals surface area contributed by atoms with Crippen LogP contribution in [0, 0.1) is 11.8 Å². The molecule has 0 fully saturated rings. The molecule has 0 aliphatic rings. The summed E-state index contributed by atoms with van der Waals surface area (Å²) < 4.78 is 17.3. The van der Waals surface area contributed by atoms with Crippen molar-refractivity contribution < 1.29 is 19.3 Å². The summed E-state index contributed by atoms with van der Waals surface area (Å²) in [5, 5.41) is 10.7. The maximum atomic E-state index is 10.7. The molecule has 0 saturated heterocycles. The van der Waals surface area contributed by atoms with Crippen LogP contribution in [-0.4, -0.2) is 31.0 Å². The van der Waals surface area contributed by atoms with Crippen molar-refractivity contribution >= 4 is 0 Å². The van der Waals surface area contributed by atoms with E-state index in [4.69, 9.17) is 14.2 Å². The molecule has 4 heteroatoms. The molecule has 0 aliphatic carbocycles. The number of aliphatic hydroxyl groups is 1. The molecule has 1 N–H and O–H groups in total. The molecule has 0 radical (unpaired) electrons. The Hall–Kier alpha value is -2.14. The standard InChI is InChI=1S/C27H38O4/c1-5-21(2)27(28)22(3)26(31-20-24-14-16-25(29-4)17-15-24)13-9-10-18-30-19-23-11-7-6-8-12-23/h5-8,11-12,14-17,21-22,26-28H,1,9-10,13,18-20H2,2-4H3/t21-,22+,26-,27-/m0/s1. The second-order valence-corrected chi connectivity index (χ2v) is 8.18. The normalized spacial score (nSPS) is 15.1. The van der Waals surface area contributed by atoms with Gasteiger partial charge in [0, 0.05) is 18.4 Å². The van der Waals surface area contributed by atoms with Gasteiger partial charge in [0.1, 0.15) is 5.75 Å². The first-order chi connectivity index (χ1) is 15.0. The van der Waals surface area contributed by atoms with E-state index in [2.05, 4.69) is 25.6 Å². The first-order valence-electron chi connectivity index (χ1n) is 11.2. The second kappa shape index (κ2) is 14.0. The van der Waals surface area contributed by atoms with Gasteiger partial charge in [-0.2, -0.15) is 0 Å². The van der Waals surface area contributed by atoms with Crippen LogP contribution in [0.4, 0.5) is 0 Å². The third kappa shape index (κ3) is 8.86. The smallest absolute Gasteiger partial charge is 0.118 e. The molecule has 31 heavy (non-hydrogen) atoms. The van der Waals surface area contributed by atoms with Gasteiger partial charge in [-0.25, -0.2) is 0 Å². The lowest BCUT2D eigenvalue weighted by Gasteiger charge is -2.30. The molecule has 2 aromatic rings.